The molecular formula is C19H21N3O2S. The number of methoxy groups -OCH3 is 1. The van der Waals surface area contributed by atoms with Gasteiger partial charge in [-0.2, -0.15) is 0 Å². The summed E-state index contributed by atoms with van der Waals surface area (Å²) >= 11 is 1.68. The Balaban J connectivity index is 1.77. The van der Waals surface area contributed by atoms with Crippen LogP contribution in [0.15, 0.2) is 23.6 Å². The molecule has 1 aliphatic carbocycles. The van der Waals surface area contributed by atoms with Gasteiger partial charge in [-0.3, -0.25) is 0 Å². The van der Waals surface area contributed by atoms with Gasteiger partial charge in [0.05, 0.1) is 12.5 Å². The lowest BCUT2D eigenvalue weighted by Crippen LogP contribution is -2.26. The third kappa shape index (κ3) is 3.02. The first-order chi connectivity index (χ1) is 12.1. The van der Waals surface area contributed by atoms with Crippen molar-refractivity contribution >= 4 is 27.4 Å². The van der Waals surface area contributed by atoms with Gasteiger partial charge < -0.3 is 14.7 Å². The van der Waals surface area contributed by atoms with Crippen molar-refractivity contribution in [2.24, 2.45) is 0 Å². The van der Waals surface area contributed by atoms with E-state index in [-0.39, 0.29) is 5.75 Å². The molecule has 3 aromatic rings. The Kier molecular flexibility index (Phi) is 4.00. The number of thiophene rings is 1. The Morgan fingerprint density at radius 2 is 2.08 bits per heavy atom. The lowest BCUT2D eigenvalue weighted by Gasteiger charge is -2.25. The summed E-state index contributed by atoms with van der Waals surface area (Å²) in [6.45, 7) is 4.81. The number of nitrogens with zero attached hydrogens (tertiary/aromatic N) is 3. The molecule has 1 saturated carbocycles. The molecule has 0 saturated heterocycles. The molecule has 0 unspecified atom stereocenters. The predicted molar refractivity (Wildman–Crippen MR) is 101 cm³/mol. The van der Waals surface area contributed by atoms with Crippen molar-refractivity contribution in [3.8, 4) is 11.5 Å². The monoisotopic (exact) mass is 355 g/mol. The van der Waals surface area contributed by atoms with Crippen LogP contribution in [0.1, 0.15) is 29.8 Å². The molecule has 5 nitrogen and oxygen atoms in total. The number of aryl methyl sites for hydroxylation is 2. The fourth-order valence-electron chi connectivity index (χ4n) is 3.15. The molecule has 0 aliphatic heterocycles. The fourth-order valence-corrected chi connectivity index (χ4v) is 4.12. The maximum atomic E-state index is 9.84. The molecule has 2 aromatic heterocycles. The van der Waals surface area contributed by atoms with Crippen molar-refractivity contribution in [3.05, 3.63) is 40.5 Å². The van der Waals surface area contributed by atoms with Gasteiger partial charge in [0.25, 0.3) is 0 Å². The highest BCUT2D eigenvalue weighted by Crippen LogP contribution is 2.39. The highest BCUT2D eigenvalue weighted by atomic mass is 32.1. The van der Waals surface area contributed by atoms with Crippen LogP contribution >= 0.6 is 11.3 Å². The van der Waals surface area contributed by atoms with Crippen molar-refractivity contribution in [3.63, 3.8) is 0 Å². The van der Waals surface area contributed by atoms with Crippen LogP contribution in [0, 0.1) is 13.8 Å². The molecule has 0 spiro atoms. The molecule has 1 aromatic carbocycles. The van der Waals surface area contributed by atoms with E-state index < -0.39 is 0 Å². The molecule has 1 fully saturated rings. The van der Waals surface area contributed by atoms with Crippen LogP contribution < -0.4 is 9.64 Å². The summed E-state index contributed by atoms with van der Waals surface area (Å²) in [5.41, 5.74) is 2.32. The van der Waals surface area contributed by atoms with Gasteiger partial charge in [-0.15, -0.1) is 11.3 Å². The quantitative estimate of drug-likeness (QED) is 0.743. The topological polar surface area (TPSA) is 58.5 Å². The van der Waals surface area contributed by atoms with Crippen molar-refractivity contribution in [2.75, 3.05) is 12.0 Å². The van der Waals surface area contributed by atoms with Crippen LogP contribution in [0.4, 0.5) is 5.82 Å². The van der Waals surface area contributed by atoms with Gasteiger partial charge in [-0.1, -0.05) is 6.07 Å². The van der Waals surface area contributed by atoms with E-state index in [4.69, 9.17) is 9.72 Å². The van der Waals surface area contributed by atoms with E-state index in [1.54, 1.807) is 24.5 Å². The summed E-state index contributed by atoms with van der Waals surface area (Å²) in [5, 5.41) is 13.1. The molecule has 6 heteroatoms. The van der Waals surface area contributed by atoms with Crippen molar-refractivity contribution in [2.45, 2.75) is 39.3 Å². The van der Waals surface area contributed by atoms with E-state index in [1.165, 1.54) is 18.4 Å². The summed E-state index contributed by atoms with van der Waals surface area (Å²) in [6, 6.07) is 6.04. The van der Waals surface area contributed by atoms with E-state index in [1.807, 2.05) is 19.1 Å². The molecule has 1 N–H and O–H groups in total. The number of phenols is 1. The first-order valence-corrected chi connectivity index (χ1v) is 9.29. The van der Waals surface area contributed by atoms with Crippen molar-refractivity contribution in [1.29, 1.82) is 0 Å². The maximum Gasteiger partial charge on any atom is 0.160 e. The lowest BCUT2D eigenvalue weighted by atomic mass is 10.1. The Labute approximate surface area is 150 Å². The minimum absolute atomic E-state index is 0.165. The number of aromatic hydroxyl groups is 1. The Morgan fingerprint density at radius 1 is 1.28 bits per heavy atom. The number of fused-ring (bicyclic) bond motifs is 1. The molecule has 1 aliphatic rings. The molecule has 0 amide bonds. The van der Waals surface area contributed by atoms with Crippen molar-refractivity contribution < 1.29 is 9.84 Å². The highest BCUT2D eigenvalue weighted by Gasteiger charge is 2.32. The second kappa shape index (κ2) is 6.19. The predicted octanol–water partition coefficient (Wildman–Crippen LogP) is 4.19. The molecule has 130 valence electrons. The first kappa shape index (κ1) is 16.1. The van der Waals surface area contributed by atoms with E-state index in [2.05, 4.69) is 22.2 Å². The zero-order valence-electron chi connectivity index (χ0n) is 14.6. The van der Waals surface area contributed by atoms with E-state index in [9.17, 15) is 5.11 Å². The minimum atomic E-state index is 0.165. The second-order valence-corrected chi connectivity index (χ2v) is 7.42. The fraction of sp³-hybridized carbons (Fsp3) is 0.368. The van der Waals surface area contributed by atoms with Crippen LogP contribution in [0.3, 0.4) is 0 Å². The average molecular weight is 355 g/mol. The van der Waals surface area contributed by atoms with Crippen LogP contribution in [0.2, 0.25) is 0 Å². The van der Waals surface area contributed by atoms with E-state index in [0.29, 0.717) is 11.8 Å². The molecule has 2 heterocycles. The van der Waals surface area contributed by atoms with Gasteiger partial charge in [0.15, 0.2) is 11.5 Å². The van der Waals surface area contributed by atoms with Crippen molar-refractivity contribution in [1.82, 2.24) is 9.97 Å². The van der Waals surface area contributed by atoms with E-state index in [0.717, 1.165) is 34.0 Å². The van der Waals surface area contributed by atoms with Gasteiger partial charge in [0.1, 0.15) is 16.5 Å². The smallest absolute Gasteiger partial charge is 0.160 e. The summed E-state index contributed by atoms with van der Waals surface area (Å²) in [4.78, 5) is 12.8. The van der Waals surface area contributed by atoms with Gasteiger partial charge >= 0.3 is 0 Å². The molecule has 0 radical (unpaired) electrons. The number of phenolic OH excluding ortho intramolecular Hbond substituents is 1. The van der Waals surface area contributed by atoms with Crippen LogP contribution in [-0.2, 0) is 6.54 Å². The first-order valence-electron chi connectivity index (χ1n) is 8.42. The van der Waals surface area contributed by atoms with Crippen LogP contribution in [0.5, 0.6) is 11.5 Å². The number of hydrogen-bond acceptors (Lipinski definition) is 6. The number of ether oxygens (including phenoxy) is 1. The number of aromatic nitrogens is 2. The molecule has 0 atom stereocenters. The molecule has 25 heavy (non-hydrogen) atoms. The molecular weight excluding hydrogens is 334 g/mol. The summed E-state index contributed by atoms with van der Waals surface area (Å²) in [5.74, 6) is 2.50. The van der Waals surface area contributed by atoms with E-state index >= 15 is 0 Å². The highest BCUT2D eigenvalue weighted by molar-refractivity contribution is 7.17. The average Bonchev–Trinajstić information content (AvgIpc) is 3.37. The lowest BCUT2D eigenvalue weighted by molar-refractivity contribution is 0.373. The normalized spacial score (nSPS) is 14.0. The maximum absolute atomic E-state index is 9.84. The Hall–Kier alpha value is -2.34. The Morgan fingerprint density at radius 3 is 2.80 bits per heavy atom. The summed E-state index contributed by atoms with van der Waals surface area (Å²) in [6.07, 6.45) is 2.37. The summed E-state index contributed by atoms with van der Waals surface area (Å²) < 4.78 is 5.25. The summed E-state index contributed by atoms with van der Waals surface area (Å²) in [7, 11) is 1.57. The number of rotatable bonds is 5. The number of anilines is 1. The zero-order chi connectivity index (χ0) is 17.6. The van der Waals surface area contributed by atoms with Gasteiger partial charge in [-0.05, 0) is 55.3 Å². The molecule has 4 rings (SSSR count). The number of benzene rings is 1. The standard InChI is InChI=1S/C19H21N3O2S/c1-11-10-25-19-17(11)18(20-12(2)21-19)22(14-5-6-14)9-13-4-7-15(23)16(8-13)24-3/h4,7-8,10,14,23H,5-6,9H2,1-3H3. The SMILES string of the molecule is COc1cc(CN(c2nc(C)nc3scc(C)c23)C2CC2)ccc1O. The van der Waals surface area contributed by atoms with Gasteiger partial charge in [-0.25, -0.2) is 9.97 Å². The number of hydrogen-bond donors (Lipinski definition) is 1. The minimum Gasteiger partial charge on any atom is -0.504 e. The Bertz CT molecular complexity index is 934. The van der Waals surface area contributed by atoms with Crippen LogP contribution in [0.25, 0.3) is 10.2 Å². The molecule has 0 bridgehead atoms. The van der Waals surface area contributed by atoms with Gasteiger partial charge in [0, 0.05) is 12.6 Å². The third-order valence-electron chi connectivity index (χ3n) is 4.57. The second-order valence-electron chi connectivity index (χ2n) is 6.56. The van der Waals surface area contributed by atoms with Gasteiger partial charge in [0.2, 0.25) is 0 Å². The van der Waals surface area contributed by atoms with Crippen LogP contribution in [-0.4, -0.2) is 28.2 Å². The third-order valence-corrected chi connectivity index (χ3v) is 5.56. The zero-order valence-corrected chi connectivity index (χ0v) is 15.4. The largest absolute Gasteiger partial charge is 0.504 e.